The van der Waals surface area contributed by atoms with Crippen molar-refractivity contribution in [1.82, 2.24) is 0 Å². The van der Waals surface area contributed by atoms with Crippen LogP contribution in [0.4, 0.5) is 0 Å². The molecule has 0 bridgehead atoms. The van der Waals surface area contributed by atoms with Crippen LogP contribution in [-0.4, -0.2) is 23.8 Å². The summed E-state index contributed by atoms with van der Waals surface area (Å²) in [5.41, 5.74) is 0.277. The molecule has 0 aliphatic carbocycles. The van der Waals surface area contributed by atoms with Gasteiger partial charge in [-0.2, -0.15) is 0 Å². The Labute approximate surface area is 106 Å². The average Bonchev–Trinajstić information content (AvgIpc) is 2.29. The van der Waals surface area contributed by atoms with Gasteiger partial charge >= 0.3 is 7.60 Å². The van der Waals surface area contributed by atoms with E-state index in [4.69, 9.17) is 14.2 Å². The molecular weight excluding hydrogens is 259 g/mol. The number of rotatable bonds is 7. The second kappa shape index (κ2) is 7.07. The molecule has 1 rings (SSSR count). The third-order valence-corrected chi connectivity index (χ3v) is 5.57. The molecule has 96 valence electrons. The molecule has 1 N–H and O–H groups in total. The molecule has 0 aromatic heterocycles. The number of aromatic hydroxyl groups is 1. The summed E-state index contributed by atoms with van der Waals surface area (Å²) in [5, 5.41) is 9.14. The van der Waals surface area contributed by atoms with Crippen molar-refractivity contribution < 1.29 is 18.7 Å². The van der Waals surface area contributed by atoms with Crippen LogP contribution in [0.25, 0.3) is 0 Å². The fourth-order valence-electron chi connectivity index (χ4n) is 1.20. The van der Waals surface area contributed by atoms with Gasteiger partial charge in [0, 0.05) is 4.90 Å². The molecule has 0 heterocycles. The van der Waals surface area contributed by atoms with Crippen molar-refractivity contribution in [3.63, 3.8) is 0 Å². The highest BCUT2D eigenvalue weighted by Gasteiger charge is 2.23. The molecule has 0 radical (unpaired) electrons. The number of thioether (sulfide) groups is 1. The highest BCUT2D eigenvalue weighted by molar-refractivity contribution is 8.04. The summed E-state index contributed by atoms with van der Waals surface area (Å²) in [6.45, 7) is 4.31. The van der Waals surface area contributed by atoms with E-state index in [9.17, 15) is 4.57 Å². The number of benzene rings is 1. The lowest BCUT2D eigenvalue weighted by Crippen LogP contribution is -1.97. The van der Waals surface area contributed by atoms with E-state index in [0.29, 0.717) is 13.2 Å². The van der Waals surface area contributed by atoms with Gasteiger partial charge in [-0.1, -0.05) is 0 Å². The Kier molecular flexibility index (Phi) is 6.06. The summed E-state index contributed by atoms with van der Waals surface area (Å²) in [4.78, 5) is 0.919. The largest absolute Gasteiger partial charge is 0.508 e. The van der Waals surface area contributed by atoms with Gasteiger partial charge in [-0.3, -0.25) is 4.57 Å². The first-order chi connectivity index (χ1) is 8.09. The molecule has 4 nitrogen and oxygen atoms in total. The minimum Gasteiger partial charge on any atom is -0.508 e. The van der Waals surface area contributed by atoms with Crippen LogP contribution in [0.5, 0.6) is 5.75 Å². The van der Waals surface area contributed by atoms with E-state index in [1.165, 1.54) is 11.8 Å². The molecule has 0 saturated heterocycles. The molecule has 6 heteroatoms. The van der Waals surface area contributed by atoms with Crippen molar-refractivity contribution in [3.8, 4) is 5.75 Å². The molecule has 0 unspecified atom stereocenters. The Morgan fingerprint density at radius 1 is 1.18 bits per heavy atom. The lowest BCUT2D eigenvalue weighted by atomic mass is 10.3. The van der Waals surface area contributed by atoms with E-state index in [1.807, 2.05) is 0 Å². The Morgan fingerprint density at radius 2 is 1.71 bits per heavy atom. The van der Waals surface area contributed by atoms with Gasteiger partial charge in [0.25, 0.3) is 0 Å². The standard InChI is InChI=1S/C11H17O4PS/c1-3-14-16(13,15-4-2)9-17-11-7-5-10(12)6-8-11/h5-8,12H,3-4,9H2,1-2H3. The zero-order valence-electron chi connectivity index (χ0n) is 9.96. The van der Waals surface area contributed by atoms with Gasteiger partial charge in [0.2, 0.25) is 0 Å². The van der Waals surface area contributed by atoms with Crippen molar-refractivity contribution >= 4 is 19.4 Å². The highest BCUT2D eigenvalue weighted by Crippen LogP contribution is 2.52. The van der Waals surface area contributed by atoms with Gasteiger partial charge < -0.3 is 14.2 Å². The van der Waals surface area contributed by atoms with Crippen LogP contribution >= 0.6 is 19.4 Å². The summed E-state index contributed by atoms with van der Waals surface area (Å²) in [6.07, 6.45) is 0. The van der Waals surface area contributed by atoms with Gasteiger partial charge in [-0.15, -0.1) is 11.8 Å². The fraction of sp³-hybridized carbons (Fsp3) is 0.455. The Bertz CT molecular complexity index is 370. The maximum absolute atomic E-state index is 12.1. The maximum Gasteiger partial charge on any atom is 0.340 e. The van der Waals surface area contributed by atoms with Crippen molar-refractivity contribution in [2.45, 2.75) is 18.7 Å². The molecular formula is C11H17O4PS. The number of phenolic OH excluding ortho intramolecular Hbond substituents is 1. The fourth-order valence-corrected chi connectivity index (χ4v) is 4.22. The molecule has 0 aliphatic heterocycles. The first kappa shape index (κ1) is 14.6. The van der Waals surface area contributed by atoms with E-state index in [1.54, 1.807) is 38.1 Å². The Balaban J connectivity index is 2.57. The van der Waals surface area contributed by atoms with Crippen LogP contribution in [0.15, 0.2) is 29.2 Å². The van der Waals surface area contributed by atoms with E-state index < -0.39 is 7.60 Å². The molecule has 1 aromatic rings. The van der Waals surface area contributed by atoms with Gasteiger partial charge in [0.1, 0.15) is 11.2 Å². The minimum absolute atomic E-state index is 0.215. The predicted octanol–water partition coefficient (Wildman–Crippen LogP) is 3.71. The Hall–Kier alpha value is -0.480. The highest BCUT2D eigenvalue weighted by atomic mass is 32.2. The van der Waals surface area contributed by atoms with E-state index >= 15 is 0 Å². The molecule has 0 aliphatic rings. The van der Waals surface area contributed by atoms with Gasteiger partial charge in [-0.25, -0.2) is 0 Å². The average molecular weight is 276 g/mol. The molecule has 0 spiro atoms. The van der Waals surface area contributed by atoms with Crippen LogP contribution in [0, 0.1) is 0 Å². The third-order valence-electron chi connectivity index (χ3n) is 1.88. The number of hydrogen-bond acceptors (Lipinski definition) is 5. The first-order valence-electron chi connectivity index (χ1n) is 5.39. The van der Waals surface area contributed by atoms with Gasteiger partial charge in [0.05, 0.1) is 13.2 Å². The quantitative estimate of drug-likeness (QED) is 0.607. The summed E-state index contributed by atoms with van der Waals surface area (Å²) in [7, 11) is -3.00. The zero-order chi connectivity index (χ0) is 12.7. The minimum atomic E-state index is -3.00. The van der Waals surface area contributed by atoms with Gasteiger partial charge in [-0.05, 0) is 38.1 Å². The van der Waals surface area contributed by atoms with Crippen LogP contribution in [-0.2, 0) is 13.6 Å². The first-order valence-corrected chi connectivity index (χ1v) is 8.11. The molecule has 17 heavy (non-hydrogen) atoms. The lowest BCUT2D eigenvalue weighted by Gasteiger charge is -2.16. The molecule has 1 aromatic carbocycles. The van der Waals surface area contributed by atoms with E-state index in [-0.39, 0.29) is 11.2 Å². The number of hydrogen-bond donors (Lipinski definition) is 1. The van der Waals surface area contributed by atoms with Crippen molar-refractivity contribution in [3.05, 3.63) is 24.3 Å². The van der Waals surface area contributed by atoms with Crippen LogP contribution in [0.2, 0.25) is 0 Å². The smallest absolute Gasteiger partial charge is 0.340 e. The van der Waals surface area contributed by atoms with Crippen molar-refractivity contribution in [1.29, 1.82) is 0 Å². The SMILES string of the molecule is CCOP(=O)(CSc1ccc(O)cc1)OCC. The normalized spacial score (nSPS) is 11.6. The van der Waals surface area contributed by atoms with Crippen molar-refractivity contribution in [2.75, 3.05) is 18.7 Å². The second-order valence-electron chi connectivity index (χ2n) is 3.21. The summed E-state index contributed by atoms with van der Waals surface area (Å²) in [6, 6.07) is 6.72. The van der Waals surface area contributed by atoms with E-state index in [2.05, 4.69) is 0 Å². The van der Waals surface area contributed by atoms with E-state index in [0.717, 1.165) is 4.90 Å². The Morgan fingerprint density at radius 3 is 2.18 bits per heavy atom. The molecule has 0 saturated carbocycles. The maximum atomic E-state index is 12.1. The monoisotopic (exact) mass is 276 g/mol. The van der Waals surface area contributed by atoms with Gasteiger partial charge in [0.15, 0.2) is 0 Å². The third kappa shape index (κ3) is 5.13. The zero-order valence-corrected chi connectivity index (χ0v) is 11.7. The summed E-state index contributed by atoms with van der Waals surface area (Å²) in [5.74, 6) is 0.215. The lowest BCUT2D eigenvalue weighted by molar-refractivity contribution is 0.224. The second-order valence-corrected chi connectivity index (χ2v) is 6.74. The molecule has 0 fully saturated rings. The van der Waals surface area contributed by atoms with Crippen LogP contribution in [0.1, 0.15) is 13.8 Å². The predicted molar refractivity (Wildman–Crippen MR) is 69.7 cm³/mol. The summed E-state index contributed by atoms with van der Waals surface area (Å²) < 4.78 is 22.5. The molecule has 0 atom stereocenters. The summed E-state index contributed by atoms with van der Waals surface area (Å²) >= 11 is 1.39. The van der Waals surface area contributed by atoms with Crippen molar-refractivity contribution in [2.24, 2.45) is 0 Å². The van der Waals surface area contributed by atoms with Crippen LogP contribution in [0.3, 0.4) is 0 Å². The molecule has 0 amide bonds. The number of phenols is 1. The van der Waals surface area contributed by atoms with Crippen LogP contribution < -0.4 is 0 Å². The topological polar surface area (TPSA) is 55.8 Å².